The van der Waals surface area contributed by atoms with Crippen molar-refractivity contribution in [1.29, 1.82) is 0 Å². The third-order valence-electron chi connectivity index (χ3n) is 3.40. The van der Waals surface area contributed by atoms with Gasteiger partial charge in [-0.25, -0.2) is 0 Å². The molecule has 3 rings (SSSR count). The highest BCUT2D eigenvalue weighted by atomic mass is 16.5. The first-order valence-corrected chi connectivity index (χ1v) is 6.89. The number of methoxy groups -OCH3 is 2. The van der Waals surface area contributed by atoms with Crippen LogP contribution in [-0.2, 0) is 0 Å². The maximum absolute atomic E-state index is 5.34. The normalized spacial score (nSPS) is 10.3. The van der Waals surface area contributed by atoms with Crippen LogP contribution in [-0.4, -0.2) is 24.4 Å². The summed E-state index contributed by atoms with van der Waals surface area (Å²) in [5.74, 6) is 1.39. The van der Waals surface area contributed by atoms with Crippen LogP contribution in [0.5, 0.6) is 11.5 Å². The van der Waals surface area contributed by atoms with Crippen LogP contribution in [0.3, 0.4) is 0 Å². The molecule has 5 nitrogen and oxygen atoms in total. The second-order valence-corrected chi connectivity index (χ2v) is 4.73. The zero-order chi connectivity index (χ0) is 15.4. The fraction of sp³-hybridized carbons (Fsp3) is 0.118. The van der Waals surface area contributed by atoms with E-state index in [9.17, 15) is 0 Å². The van der Waals surface area contributed by atoms with Gasteiger partial charge in [0.05, 0.1) is 20.4 Å². The molecule has 0 saturated heterocycles. The predicted octanol–water partition coefficient (Wildman–Crippen LogP) is 3.84. The Hall–Kier alpha value is -2.95. The second-order valence-electron chi connectivity index (χ2n) is 4.73. The molecule has 0 spiro atoms. The lowest BCUT2D eigenvalue weighted by atomic mass is 10.1. The SMILES string of the molecule is COc1ccc(Nc2ccccc2-c2cn[nH]c2)cc1OC. The van der Waals surface area contributed by atoms with E-state index in [1.165, 1.54) is 0 Å². The maximum atomic E-state index is 5.34. The average molecular weight is 295 g/mol. The van der Waals surface area contributed by atoms with E-state index in [4.69, 9.17) is 9.47 Å². The van der Waals surface area contributed by atoms with Crippen molar-refractivity contribution in [1.82, 2.24) is 10.2 Å². The topological polar surface area (TPSA) is 59.2 Å². The largest absolute Gasteiger partial charge is 0.493 e. The molecule has 2 N–H and O–H groups in total. The van der Waals surface area contributed by atoms with Gasteiger partial charge >= 0.3 is 0 Å². The van der Waals surface area contributed by atoms with Gasteiger partial charge < -0.3 is 14.8 Å². The van der Waals surface area contributed by atoms with E-state index in [0.717, 1.165) is 22.5 Å². The molecule has 0 atom stereocenters. The van der Waals surface area contributed by atoms with Crippen molar-refractivity contribution in [3.63, 3.8) is 0 Å². The van der Waals surface area contributed by atoms with Gasteiger partial charge in [-0.2, -0.15) is 5.10 Å². The first kappa shape index (κ1) is 14.0. The lowest BCUT2D eigenvalue weighted by Crippen LogP contribution is -1.95. The Morgan fingerprint density at radius 1 is 1.00 bits per heavy atom. The fourth-order valence-electron chi connectivity index (χ4n) is 2.31. The molecule has 112 valence electrons. The molecule has 0 unspecified atom stereocenters. The molecule has 0 fully saturated rings. The second kappa shape index (κ2) is 6.22. The van der Waals surface area contributed by atoms with Gasteiger partial charge in [0.1, 0.15) is 0 Å². The minimum absolute atomic E-state index is 0.688. The van der Waals surface area contributed by atoms with E-state index in [2.05, 4.69) is 15.5 Å². The summed E-state index contributed by atoms with van der Waals surface area (Å²) in [7, 11) is 3.25. The van der Waals surface area contributed by atoms with Gasteiger partial charge in [-0.15, -0.1) is 0 Å². The van der Waals surface area contributed by atoms with Crippen LogP contribution in [0.1, 0.15) is 0 Å². The zero-order valence-electron chi connectivity index (χ0n) is 12.5. The molecule has 22 heavy (non-hydrogen) atoms. The minimum Gasteiger partial charge on any atom is -0.493 e. The molecule has 0 radical (unpaired) electrons. The molecule has 3 aromatic rings. The molecule has 2 aromatic carbocycles. The third kappa shape index (κ3) is 2.74. The number of H-pyrrole nitrogens is 1. The molecule has 0 amide bonds. The molecule has 0 bridgehead atoms. The number of anilines is 2. The van der Waals surface area contributed by atoms with Crippen LogP contribution in [0.2, 0.25) is 0 Å². The van der Waals surface area contributed by atoms with Crippen LogP contribution >= 0.6 is 0 Å². The summed E-state index contributed by atoms with van der Waals surface area (Å²) >= 11 is 0. The summed E-state index contributed by atoms with van der Waals surface area (Å²) in [4.78, 5) is 0. The van der Waals surface area contributed by atoms with E-state index < -0.39 is 0 Å². The Balaban J connectivity index is 1.94. The van der Waals surface area contributed by atoms with Crippen LogP contribution in [0.25, 0.3) is 11.1 Å². The van der Waals surface area contributed by atoms with Crippen molar-refractivity contribution in [3.05, 3.63) is 54.9 Å². The van der Waals surface area contributed by atoms with Crippen molar-refractivity contribution in [3.8, 4) is 22.6 Å². The third-order valence-corrected chi connectivity index (χ3v) is 3.40. The Morgan fingerprint density at radius 2 is 1.82 bits per heavy atom. The van der Waals surface area contributed by atoms with Gasteiger partial charge in [0, 0.05) is 34.8 Å². The van der Waals surface area contributed by atoms with Gasteiger partial charge in [-0.1, -0.05) is 18.2 Å². The molecule has 0 aliphatic rings. The summed E-state index contributed by atoms with van der Waals surface area (Å²) in [6.07, 6.45) is 3.67. The smallest absolute Gasteiger partial charge is 0.162 e. The van der Waals surface area contributed by atoms with Gasteiger partial charge in [0.2, 0.25) is 0 Å². The monoisotopic (exact) mass is 295 g/mol. The summed E-state index contributed by atoms with van der Waals surface area (Å²) in [6.45, 7) is 0. The van der Waals surface area contributed by atoms with E-state index >= 15 is 0 Å². The first-order valence-electron chi connectivity index (χ1n) is 6.89. The van der Waals surface area contributed by atoms with Crippen LogP contribution in [0, 0.1) is 0 Å². The van der Waals surface area contributed by atoms with Crippen molar-refractivity contribution in [2.75, 3.05) is 19.5 Å². The maximum Gasteiger partial charge on any atom is 0.162 e. The number of aromatic nitrogens is 2. The summed E-state index contributed by atoms with van der Waals surface area (Å²) < 4.78 is 10.6. The molecular weight excluding hydrogens is 278 g/mol. The highest BCUT2D eigenvalue weighted by molar-refractivity contribution is 5.80. The molecule has 1 aromatic heterocycles. The summed E-state index contributed by atoms with van der Waals surface area (Å²) in [5.41, 5.74) is 4.03. The molecule has 5 heteroatoms. The van der Waals surface area contributed by atoms with E-state index in [-0.39, 0.29) is 0 Å². The Morgan fingerprint density at radius 3 is 2.55 bits per heavy atom. The van der Waals surface area contributed by atoms with Crippen LogP contribution < -0.4 is 14.8 Å². The molecule has 0 saturated carbocycles. The number of hydrogen-bond acceptors (Lipinski definition) is 4. The summed E-state index contributed by atoms with van der Waals surface area (Å²) in [5, 5.41) is 10.3. The fourth-order valence-corrected chi connectivity index (χ4v) is 2.31. The Labute approximate surface area is 128 Å². The number of nitrogens with one attached hydrogen (secondary N) is 2. The van der Waals surface area contributed by atoms with Crippen molar-refractivity contribution in [2.24, 2.45) is 0 Å². The summed E-state index contributed by atoms with van der Waals surface area (Å²) in [6, 6.07) is 13.8. The highest BCUT2D eigenvalue weighted by Crippen LogP contribution is 2.34. The quantitative estimate of drug-likeness (QED) is 0.751. The number of aromatic amines is 1. The number of ether oxygens (including phenoxy) is 2. The van der Waals surface area contributed by atoms with E-state index in [0.29, 0.717) is 11.5 Å². The number of rotatable bonds is 5. The average Bonchev–Trinajstić information content (AvgIpc) is 3.09. The number of benzene rings is 2. The first-order chi connectivity index (χ1) is 10.8. The van der Waals surface area contributed by atoms with Crippen molar-refractivity contribution >= 4 is 11.4 Å². The Bertz CT molecular complexity index is 754. The molecule has 0 aliphatic carbocycles. The van der Waals surface area contributed by atoms with Crippen LogP contribution in [0.4, 0.5) is 11.4 Å². The van der Waals surface area contributed by atoms with Gasteiger partial charge in [-0.3, -0.25) is 5.10 Å². The Kier molecular flexibility index (Phi) is 3.96. The van der Waals surface area contributed by atoms with Crippen LogP contribution in [0.15, 0.2) is 54.9 Å². The molecular formula is C17H17N3O2. The number of nitrogens with zero attached hydrogens (tertiary/aromatic N) is 1. The lowest BCUT2D eigenvalue weighted by molar-refractivity contribution is 0.355. The number of hydrogen-bond donors (Lipinski definition) is 2. The predicted molar refractivity (Wildman–Crippen MR) is 86.9 cm³/mol. The zero-order valence-corrected chi connectivity index (χ0v) is 12.5. The van der Waals surface area contributed by atoms with Gasteiger partial charge in [0.25, 0.3) is 0 Å². The standard InChI is InChI=1S/C17H17N3O2/c1-21-16-8-7-13(9-17(16)22-2)20-15-6-4-3-5-14(15)12-10-18-19-11-12/h3-11,20H,1-2H3,(H,18,19). The van der Waals surface area contributed by atoms with E-state index in [1.807, 2.05) is 48.7 Å². The highest BCUT2D eigenvalue weighted by Gasteiger charge is 2.08. The van der Waals surface area contributed by atoms with Crippen molar-refractivity contribution < 1.29 is 9.47 Å². The number of para-hydroxylation sites is 1. The molecule has 0 aliphatic heterocycles. The lowest BCUT2D eigenvalue weighted by Gasteiger charge is -2.13. The minimum atomic E-state index is 0.688. The van der Waals surface area contributed by atoms with Gasteiger partial charge in [0.15, 0.2) is 11.5 Å². The van der Waals surface area contributed by atoms with E-state index in [1.54, 1.807) is 20.4 Å². The van der Waals surface area contributed by atoms with Crippen molar-refractivity contribution in [2.45, 2.75) is 0 Å². The van der Waals surface area contributed by atoms with Gasteiger partial charge in [-0.05, 0) is 18.2 Å². The molecule has 1 heterocycles.